The molecule has 1 aromatic rings. The molecule has 0 saturated carbocycles. The molecule has 0 unspecified atom stereocenters. The Hall–Kier alpha value is -2.90. The highest BCUT2D eigenvalue weighted by Crippen LogP contribution is 2.23. The molecule has 4 amide bonds. The molecule has 0 bridgehead atoms. The van der Waals surface area contributed by atoms with Crippen molar-refractivity contribution in [1.29, 1.82) is 0 Å². The van der Waals surface area contributed by atoms with Gasteiger partial charge < -0.3 is 15.9 Å². The van der Waals surface area contributed by atoms with Crippen LogP contribution in [-0.2, 0) is 9.63 Å². The summed E-state index contributed by atoms with van der Waals surface area (Å²) in [5, 5.41) is 2.61. The van der Waals surface area contributed by atoms with Crippen LogP contribution in [0.3, 0.4) is 0 Å². The summed E-state index contributed by atoms with van der Waals surface area (Å²) < 4.78 is 0. The van der Waals surface area contributed by atoms with Gasteiger partial charge in [0.1, 0.15) is 6.04 Å². The van der Waals surface area contributed by atoms with Crippen molar-refractivity contribution in [1.82, 2.24) is 10.4 Å². The van der Waals surface area contributed by atoms with Crippen molar-refractivity contribution in [2.24, 2.45) is 11.7 Å². The second-order valence-corrected chi connectivity index (χ2v) is 5.09. The first-order chi connectivity index (χ1) is 10.3. The Labute approximate surface area is 126 Å². The summed E-state index contributed by atoms with van der Waals surface area (Å²) in [5.74, 6) is -2.73. The van der Waals surface area contributed by atoms with Crippen LogP contribution in [0.1, 0.15) is 34.6 Å². The molecule has 0 spiro atoms. The zero-order valence-corrected chi connectivity index (χ0v) is 12.0. The number of nitrogens with zero attached hydrogens (tertiary/aromatic N) is 1. The molecule has 0 saturated heterocycles. The molecule has 2 rings (SSSR count). The molecule has 1 aliphatic rings. The SMILES string of the molecule is CC(C)[C@H](NC(N)=O)C(=O)ON1C(=O)c2ccccc2C1=O. The fourth-order valence-electron chi connectivity index (χ4n) is 2.05. The lowest BCUT2D eigenvalue weighted by atomic mass is 10.1. The number of hydroxylamine groups is 2. The topological polar surface area (TPSA) is 119 Å². The minimum absolute atomic E-state index is 0.157. The highest BCUT2D eigenvalue weighted by molar-refractivity contribution is 6.20. The molecule has 1 aromatic carbocycles. The van der Waals surface area contributed by atoms with Crippen LogP contribution < -0.4 is 11.1 Å². The van der Waals surface area contributed by atoms with E-state index in [1.807, 2.05) is 0 Å². The van der Waals surface area contributed by atoms with E-state index >= 15 is 0 Å². The summed E-state index contributed by atoms with van der Waals surface area (Å²) in [6.07, 6.45) is 0. The number of nitrogens with one attached hydrogen (secondary N) is 1. The fourth-order valence-corrected chi connectivity index (χ4v) is 2.05. The van der Waals surface area contributed by atoms with Gasteiger partial charge in [0.25, 0.3) is 11.8 Å². The number of nitrogens with two attached hydrogens (primary N) is 1. The summed E-state index contributed by atoms with van der Waals surface area (Å²) in [6.45, 7) is 3.31. The van der Waals surface area contributed by atoms with Crippen molar-refractivity contribution >= 4 is 23.8 Å². The molecule has 0 radical (unpaired) electrons. The number of hydrogen-bond acceptors (Lipinski definition) is 5. The van der Waals surface area contributed by atoms with E-state index in [0.29, 0.717) is 5.06 Å². The van der Waals surface area contributed by atoms with Crippen LogP contribution in [0.4, 0.5) is 4.79 Å². The summed E-state index contributed by atoms with van der Waals surface area (Å²) in [4.78, 5) is 52.0. The molecule has 0 aliphatic carbocycles. The fraction of sp³-hybridized carbons (Fsp3) is 0.286. The largest absolute Gasteiger partial charge is 0.355 e. The Morgan fingerprint density at radius 2 is 1.64 bits per heavy atom. The maximum atomic E-state index is 12.1. The highest BCUT2D eigenvalue weighted by Gasteiger charge is 2.40. The minimum Gasteiger partial charge on any atom is -0.352 e. The van der Waals surface area contributed by atoms with E-state index in [2.05, 4.69) is 5.32 Å². The Morgan fingerprint density at radius 3 is 2.05 bits per heavy atom. The summed E-state index contributed by atoms with van der Waals surface area (Å²) >= 11 is 0. The smallest absolute Gasteiger partial charge is 0.352 e. The van der Waals surface area contributed by atoms with E-state index < -0.39 is 29.9 Å². The third kappa shape index (κ3) is 2.76. The van der Waals surface area contributed by atoms with Crippen molar-refractivity contribution < 1.29 is 24.0 Å². The van der Waals surface area contributed by atoms with Crippen LogP contribution in [0.2, 0.25) is 0 Å². The number of imide groups is 1. The number of urea groups is 1. The van der Waals surface area contributed by atoms with Gasteiger partial charge in [0.15, 0.2) is 0 Å². The molecular formula is C14H15N3O5. The monoisotopic (exact) mass is 305 g/mol. The number of rotatable bonds is 4. The van der Waals surface area contributed by atoms with Gasteiger partial charge in [0, 0.05) is 0 Å². The molecule has 22 heavy (non-hydrogen) atoms. The summed E-state index contributed by atoms with van der Waals surface area (Å²) in [5.41, 5.74) is 5.31. The van der Waals surface area contributed by atoms with Crippen LogP contribution in [0.15, 0.2) is 24.3 Å². The number of fused-ring (bicyclic) bond motifs is 1. The predicted molar refractivity (Wildman–Crippen MR) is 74.4 cm³/mol. The van der Waals surface area contributed by atoms with E-state index in [-0.39, 0.29) is 17.0 Å². The highest BCUT2D eigenvalue weighted by atomic mass is 16.7. The molecule has 8 heteroatoms. The number of primary amides is 1. The molecule has 0 fully saturated rings. The summed E-state index contributed by atoms with van der Waals surface area (Å²) in [6, 6.07) is 4.15. The number of carbonyl (C=O) groups excluding carboxylic acids is 4. The lowest BCUT2D eigenvalue weighted by Crippen LogP contribution is -2.49. The lowest BCUT2D eigenvalue weighted by Gasteiger charge is -2.21. The first-order valence-corrected chi connectivity index (χ1v) is 6.58. The van der Waals surface area contributed by atoms with Gasteiger partial charge in [-0.05, 0) is 18.1 Å². The molecule has 1 heterocycles. The van der Waals surface area contributed by atoms with E-state index in [1.165, 1.54) is 12.1 Å². The van der Waals surface area contributed by atoms with Crippen LogP contribution in [-0.4, -0.2) is 34.9 Å². The quantitative estimate of drug-likeness (QED) is 0.782. The molecule has 3 N–H and O–H groups in total. The van der Waals surface area contributed by atoms with Gasteiger partial charge in [-0.25, -0.2) is 9.59 Å². The zero-order valence-electron chi connectivity index (χ0n) is 12.0. The number of amides is 4. The van der Waals surface area contributed by atoms with E-state index in [4.69, 9.17) is 10.6 Å². The van der Waals surface area contributed by atoms with Gasteiger partial charge in [-0.15, -0.1) is 0 Å². The lowest BCUT2D eigenvalue weighted by molar-refractivity contribution is -0.172. The van der Waals surface area contributed by atoms with Gasteiger partial charge >= 0.3 is 12.0 Å². The minimum atomic E-state index is -1.07. The molecule has 0 aromatic heterocycles. The van der Waals surface area contributed by atoms with Crippen LogP contribution in [0.5, 0.6) is 0 Å². The standard InChI is InChI=1S/C14H15N3O5/c1-7(2)10(16-14(15)21)13(20)22-17-11(18)8-5-3-4-6-9(8)12(17)19/h3-7,10H,1-2H3,(H3,15,16,21)/t10-/m0/s1. The van der Waals surface area contributed by atoms with Crippen molar-refractivity contribution in [3.8, 4) is 0 Å². The average Bonchev–Trinajstić information content (AvgIpc) is 2.70. The predicted octanol–water partition coefficient (Wildman–Crippen LogP) is 0.434. The second kappa shape index (κ2) is 5.84. The normalized spacial score (nSPS) is 14.8. The van der Waals surface area contributed by atoms with Gasteiger partial charge in [-0.1, -0.05) is 31.0 Å². The third-order valence-electron chi connectivity index (χ3n) is 3.16. The van der Waals surface area contributed by atoms with Crippen molar-refractivity contribution in [2.45, 2.75) is 19.9 Å². The number of carbonyl (C=O) groups is 4. The van der Waals surface area contributed by atoms with Gasteiger partial charge in [-0.2, -0.15) is 0 Å². The number of hydrogen-bond donors (Lipinski definition) is 2. The molecule has 1 aliphatic heterocycles. The summed E-state index contributed by atoms with van der Waals surface area (Å²) in [7, 11) is 0. The average molecular weight is 305 g/mol. The van der Waals surface area contributed by atoms with Crippen molar-refractivity contribution in [2.75, 3.05) is 0 Å². The number of benzene rings is 1. The molecule has 1 atom stereocenters. The maximum absolute atomic E-state index is 12.1. The molecule has 116 valence electrons. The van der Waals surface area contributed by atoms with Crippen LogP contribution >= 0.6 is 0 Å². The maximum Gasteiger partial charge on any atom is 0.355 e. The Bertz CT molecular complexity index is 621. The van der Waals surface area contributed by atoms with Gasteiger partial charge in [0.05, 0.1) is 11.1 Å². The molecule has 8 nitrogen and oxygen atoms in total. The first-order valence-electron chi connectivity index (χ1n) is 6.58. The van der Waals surface area contributed by atoms with Crippen molar-refractivity contribution in [3.63, 3.8) is 0 Å². The second-order valence-electron chi connectivity index (χ2n) is 5.09. The van der Waals surface area contributed by atoms with Crippen molar-refractivity contribution in [3.05, 3.63) is 35.4 Å². The van der Waals surface area contributed by atoms with Crippen LogP contribution in [0.25, 0.3) is 0 Å². The third-order valence-corrected chi connectivity index (χ3v) is 3.16. The van der Waals surface area contributed by atoms with Gasteiger partial charge in [-0.3, -0.25) is 9.59 Å². The zero-order chi connectivity index (χ0) is 16.4. The van der Waals surface area contributed by atoms with E-state index in [1.54, 1.807) is 26.0 Å². The van der Waals surface area contributed by atoms with Gasteiger partial charge in [0.2, 0.25) is 0 Å². The Morgan fingerprint density at radius 1 is 1.14 bits per heavy atom. The van der Waals surface area contributed by atoms with Crippen LogP contribution in [0, 0.1) is 5.92 Å². The first kappa shape index (κ1) is 15.5. The van der Waals surface area contributed by atoms with E-state index in [0.717, 1.165) is 0 Å². The Kier molecular flexibility index (Phi) is 4.11. The van der Waals surface area contributed by atoms with E-state index in [9.17, 15) is 19.2 Å². The molecular weight excluding hydrogens is 290 g/mol. The Balaban J connectivity index is 2.17.